The first-order valence-corrected chi connectivity index (χ1v) is 8.14. The predicted molar refractivity (Wildman–Crippen MR) is 82.1 cm³/mol. The number of rotatable bonds is 5. The minimum atomic E-state index is -0.212. The Kier molecular flexibility index (Phi) is 5.09. The quantitative estimate of drug-likeness (QED) is 0.903. The van der Waals surface area contributed by atoms with Gasteiger partial charge in [0.2, 0.25) is 0 Å². The molecule has 0 aromatic heterocycles. The van der Waals surface area contributed by atoms with E-state index in [0.29, 0.717) is 6.04 Å². The van der Waals surface area contributed by atoms with Gasteiger partial charge >= 0.3 is 0 Å². The van der Waals surface area contributed by atoms with Gasteiger partial charge in [0.25, 0.3) is 0 Å². The summed E-state index contributed by atoms with van der Waals surface area (Å²) in [5, 5.41) is 3.43. The zero-order valence-electron chi connectivity index (χ0n) is 12.6. The molecule has 3 nitrogen and oxygen atoms in total. The predicted octanol–water partition coefficient (Wildman–Crippen LogP) is 2.67. The first-order chi connectivity index (χ1) is 10.3. The van der Waals surface area contributed by atoms with Crippen molar-refractivity contribution >= 4 is 0 Å². The summed E-state index contributed by atoms with van der Waals surface area (Å²) in [4.78, 5) is 2.60. The maximum absolute atomic E-state index is 12.9. The summed E-state index contributed by atoms with van der Waals surface area (Å²) in [7, 11) is 0. The van der Waals surface area contributed by atoms with Crippen LogP contribution < -0.4 is 10.1 Å². The van der Waals surface area contributed by atoms with E-state index in [4.69, 9.17) is 4.74 Å². The van der Waals surface area contributed by atoms with E-state index < -0.39 is 0 Å². The van der Waals surface area contributed by atoms with Gasteiger partial charge in [-0.25, -0.2) is 4.39 Å². The minimum Gasteiger partial charge on any atom is -0.492 e. The van der Waals surface area contributed by atoms with Crippen molar-refractivity contribution in [2.24, 2.45) is 5.92 Å². The summed E-state index contributed by atoms with van der Waals surface area (Å²) in [5.74, 6) is 1.39. The number of hydrogen-bond acceptors (Lipinski definition) is 3. The van der Waals surface area contributed by atoms with Crippen molar-refractivity contribution in [2.75, 3.05) is 32.8 Å². The van der Waals surface area contributed by atoms with Gasteiger partial charge in [0.15, 0.2) is 0 Å². The van der Waals surface area contributed by atoms with Gasteiger partial charge in [0.1, 0.15) is 18.2 Å². The number of piperidine rings is 1. The van der Waals surface area contributed by atoms with Crippen LogP contribution in [-0.2, 0) is 0 Å². The summed E-state index contributed by atoms with van der Waals surface area (Å²) in [6, 6.07) is 6.85. The lowest BCUT2D eigenvalue weighted by Crippen LogP contribution is -2.40. The number of ether oxygens (including phenoxy) is 1. The van der Waals surface area contributed by atoms with Crippen molar-refractivity contribution in [3.63, 3.8) is 0 Å². The van der Waals surface area contributed by atoms with E-state index in [1.807, 2.05) is 0 Å². The van der Waals surface area contributed by atoms with Crippen molar-refractivity contribution in [2.45, 2.75) is 31.7 Å². The zero-order chi connectivity index (χ0) is 14.5. The maximum atomic E-state index is 12.9. The van der Waals surface area contributed by atoms with Crippen LogP contribution in [0, 0.1) is 11.7 Å². The third-order valence-corrected chi connectivity index (χ3v) is 4.71. The average molecular weight is 292 g/mol. The molecule has 0 spiro atoms. The van der Waals surface area contributed by atoms with Gasteiger partial charge < -0.3 is 10.1 Å². The van der Waals surface area contributed by atoms with Gasteiger partial charge in [-0.3, -0.25) is 4.90 Å². The summed E-state index contributed by atoms with van der Waals surface area (Å²) < 4.78 is 18.7. The lowest BCUT2D eigenvalue weighted by atomic mass is 9.97. The highest BCUT2D eigenvalue weighted by Crippen LogP contribution is 2.23. The molecule has 3 rings (SSSR count). The van der Waals surface area contributed by atoms with Crippen LogP contribution in [0.1, 0.15) is 25.7 Å². The van der Waals surface area contributed by atoms with Crippen LogP contribution in [-0.4, -0.2) is 43.7 Å². The molecule has 1 atom stereocenters. The SMILES string of the molecule is Fc1ccc(OCC2CCCN2CC2CCNCC2)cc1. The second-order valence-corrected chi connectivity index (χ2v) is 6.25. The van der Waals surface area contributed by atoms with Gasteiger partial charge in [-0.2, -0.15) is 0 Å². The average Bonchev–Trinajstić information content (AvgIpc) is 2.95. The first kappa shape index (κ1) is 14.8. The van der Waals surface area contributed by atoms with Gasteiger partial charge in [-0.1, -0.05) is 0 Å². The summed E-state index contributed by atoms with van der Waals surface area (Å²) in [5.41, 5.74) is 0. The molecule has 2 saturated heterocycles. The smallest absolute Gasteiger partial charge is 0.123 e. The highest BCUT2D eigenvalue weighted by atomic mass is 19.1. The molecule has 1 unspecified atom stereocenters. The number of benzene rings is 1. The largest absolute Gasteiger partial charge is 0.492 e. The Morgan fingerprint density at radius 2 is 1.90 bits per heavy atom. The highest BCUT2D eigenvalue weighted by Gasteiger charge is 2.27. The van der Waals surface area contributed by atoms with Crippen LogP contribution >= 0.6 is 0 Å². The van der Waals surface area contributed by atoms with Gasteiger partial charge in [-0.05, 0) is 75.5 Å². The van der Waals surface area contributed by atoms with E-state index >= 15 is 0 Å². The standard InChI is InChI=1S/C17H25FN2O/c18-15-3-5-17(6-4-15)21-13-16-2-1-11-20(16)12-14-7-9-19-10-8-14/h3-6,14,16,19H,1-2,7-13H2. The molecule has 1 aromatic carbocycles. The fourth-order valence-corrected chi connectivity index (χ4v) is 3.44. The van der Waals surface area contributed by atoms with Crippen LogP contribution in [0.2, 0.25) is 0 Å². The number of likely N-dealkylation sites (tertiary alicyclic amines) is 1. The second kappa shape index (κ2) is 7.23. The fourth-order valence-electron chi connectivity index (χ4n) is 3.44. The van der Waals surface area contributed by atoms with E-state index in [2.05, 4.69) is 10.2 Å². The Morgan fingerprint density at radius 3 is 2.67 bits per heavy atom. The van der Waals surface area contributed by atoms with Gasteiger partial charge in [0, 0.05) is 12.6 Å². The zero-order valence-corrected chi connectivity index (χ0v) is 12.6. The molecule has 1 aromatic rings. The number of nitrogens with one attached hydrogen (secondary N) is 1. The molecule has 116 valence electrons. The molecule has 2 aliphatic heterocycles. The molecule has 21 heavy (non-hydrogen) atoms. The molecule has 0 aliphatic carbocycles. The molecule has 0 radical (unpaired) electrons. The Hall–Kier alpha value is -1.13. The minimum absolute atomic E-state index is 0.212. The summed E-state index contributed by atoms with van der Waals surface area (Å²) in [6.45, 7) is 5.45. The lowest BCUT2D eigenvalue weighted by Gasteiger charge is -2.31. The van der Waals surface area contributed by atoms with E-state index in [1.165, 1.54) is 50.9 Å². The molecule has 0 saturated carbocycles. The molecule has 0 bridgehead atoms. The van der Waals surface area contributed by atoms with Crippen molar-refractivity contribution in [1.82, 2.24) is 10.2 Å². The molecule has 0 amide bonds. The Bertz CT molecular complexity index is 431. The maximum Gasteiger partial charge on any atom is 0.123 e. The Balaban J connectivity index is 1.48. The molecule has 2 aliphatic rings. The Labute approximate surface area is 126 Å². The Morgan fingerprint density at radius 1 is 1.14 bits per heavy atom. The van der Waals surface area contributed by atoms with E-state index in [-0.39, 0.29) is 5.82 Å². The second-order valence-electron chi connectivity index (χ2n) is 6.25. The number of nitrogens with zero attached hydrogens (tertiary/aromatic N) is 1. The molecular weight excluding hydrogens is 267 g/mol. The molecule has 2 heterocycles. The van der Waals surface area contributed by atoms with Crippen LogP contribution in [0.4, 0.5) is 4.39 Å². The first-order valence-electron chi connectivity index (χ1n) is 8.14. The third-order valence-electron chi connectivity index (χ3n) is 4.71. The molecule has 2 fully saturated rings. The molecule has 4 heteroatoms. The van der Waals surface area contributed by atoms with E-state index in [9.17, 15) is 4.39 Å². The van der Waals surface area contributed by atoms with E-state index in [1.54, 1.807) is 12.1 Å². The van der Waals surface area contributed by atoms with Gasteiger partial charge in [-0.15, -0.1) is 0 Å². The highest BCUT2D eigenvalue weighted by molar-refractivity contribution is 5.22. The fraction of sp³-hybridized carbons (Fsp3) is 0.647. The molecular formula is C17H25FN2O. The van der Waals surface area contributed by atoms with E-state index in [0.717, 1.165) is 31.4 Å². The van der Waals surface area contributed by atoms with Crippen molar-refractivity contribution in [3.05, 3.63) is 30.1 Å². The lowest BCUT2D eigenvalue weighted by molar-refractivity contribution is 0.144. The number of hydrogen-bond donors (Lipinski definition) is 1. The van der Waals surface area contributed by atoms with Gasteiger partial charge in [0.05, 0.1) is 0 Å². The van der Waals surface area contributed by atoms with Crippen LogP contribution in [0.3, 0.4) is 0 Å². The normalized spacial score (nSPS) is 24.3. The van der Waals surface area contributed by atoms with Crippen molar-refractivity contribution in [3.8, 4) is 5.75 Å². The summed E-state index contributed by atoms with van der Waals surface area (Å²) in [6.07, 6.45) is 5.07. The van der Waals surface area contributed by atoms with Crippen LogP contribution in [0.25, 0.3) is 0 Å². The van der Waals surface area contributed by atoms with Crippen molar-refractivity contribution < 1.29 is 9.13 Å². The summed E-state index contributed by atoms with van der Waals surface area (Å²) >= 11 is 0. The topological polar surface area (TPSA) is 24.5 Å². The van der Waals surface area contributed by atoms with Crippen LogP contribution in [0.5, 0.6) is 5.75 Å². The third kappa shape index (κ3) is 4.17. The van der Waals surface area contributed by atoms with Crippen molar-refractivity contribution in [1.29, 1.82) is 0 Å². The number of halogens is 1. The van der Waals surface area contributed by atoms with Crippen LogP contribution in [0.15, 0.2) is 24.3 Å². The molecule has 1 N–H and O–H groups in total. The monoisotopic (exact) mass is 292 g/mol.